The average molecular weight is 745 g/mol. The molecule has 1 amide bonds. The number of nitrogens with one attached hydrogen (secondary N) is 3. The third kappa shape index (κ3) is 7.06. The number of benzene rings is 3. The molecule has 0 aliphatic carbocycles. The van der Waals surface area contributed by atoms with Gasteiger partial charge in [-0.15, -0.1) is 0 Å². The Balaban J connectivity index is 0.00000210. The molecule has 0 bridgehead atoms. The van der Waals surface area contributed by atoms with Crippen molar-refractivity contribution in [1.82, 2.24) is 0 Å². The Morgan fingerprint density at radius 3 is 2.05 bits per heavy atom. The van der Waals surface area contributed by atoms with Crippen molar-refractivity contribution in [3.8, 4) is 0 Å². The fourth-order valence-electron chi connectivity index (χ4n) is 4.10. The Bertz CT molecular complexity index is 1610. The Labute approximate surface area is 261 Å². The smallest absolute Gasteiger partial charge is 0.255 e. The first kappa shape index (κ1) is 29.9. The number of fused-ring (bicyclic) bond motifs is 1. The summed E-state index contributed by atoms with van der Waals surface area (Å²) in [6.07, 6.45) is 5.91. The number of halogens is 2. The molecule has 0 radical (unpaired) electrons. The van der Waals surface area contributed by atoms with Crippen molar-refractivity contribution < 1.29 is 61.9 Å². The molecule has 0 unspecified atom stereocenters. The summed E-state index contributed by atoms with van der Waals surface area (Å²) in [6, 6.07) is 24.5. The zero-order valence-corrected chi connectivity index (χ0v) is 25.8. The monoisotopic (exact) mass is 745 g/mol. The number of aryl methyl sites for hydroxylation is 2. The number of carbonyl (C=O) groups is 1. The van der Waals surface area contributed by atoms with E-state index in [0.717, 1.165) is 33.7 Å². The highest BCUT2D eigenvalue weighted by atomic mass is 127. The van der Waals surface area contributed by atoms with Gasteiger partial charge in [0.1, 0.15) is 14.1 Å². The van der Waals surface area contributed by atoms with E-state index in [1.54, 1.807) is 24.3 Å². The number of hydrogen-bond acceptors (Lipinski definition) is 5. The largest absolute Gasteiger partial charge is 1.00 e. The molecule has 2 aromatic heterocycles. The zero-order valence-electron chi connectivity index (χ0n) is 21.5. The van der Waals surface area contributed by atoms with Gasteiger partial charge in [-0.1, -0.05) is 0 Å². The Morgan fingerprint density at radius 2 is 1.36 bits per heavy atom. The number of amides is 1. The van der Waals surface area contributed by atoms with Crippen molar-refractivity contribution in [2.45, 2.75) is 0 Å². The van der Waals surface area contributed by atoms with E-state index in [1.807, 2.05) is 96.4 Å². The van der Waals surface area contributed by atoms with Gasteiger partial charge in [0.2, 0.25) is 5.52 Å². The van der Waals surface area contributed by atoms with E-state index in [4.69, 9.17) is 11.5 Å². The first-order valence-corrected chi connectivity index (χ1v) is 11.8. The molecule has 5 rings (SSSR count). The Kier molecular flexibility index (Phi) is 9.92. The van der Waals surface area contributed by atoms with Crippen LogP contribution in [0.4, 0.5) is 39.8 Å². The summed E-state index contributed by atoms with van der Waals surface area (Å²) in [5.41, 5.74) is 19.1. The van der Waals surface area contributed by atoms with Crippen molar-refractivity contribution in [2.24, 2.45) is 14.1 Å². The molecule has 5 aromatic rings. The minimum Gasteiger partial charge on any atom is -1.00 e. The molecule has 0 aliphatic rings. The molecule has 0 saturated heterocycles. The van der Waals surface area contributed by atoms with Gasteiger partial charge in [-0.25, -0.2) is 9.13 Å². The molecule has 8 nitrogen and oxygen atoms in total. The maximum atomic E-state index is 12.9. The molecule has 0 atom stereocenters. The topological polar surface area (TPSA) is 113 Å². The van der Waals surface area contributed by atoms with Crippen LogP contribution in [0.1, 0.15) is 10.4 Å². The number of nitrogens with two attached hydrogens (primary N) is 2. The second-order valence-electron chi connectivity index (χ2n) is 8.95. The van der Waals surface area contributed by atoms with E-state index < -0.39 is 0 Å². The minimum atomic E-state index is -0.237. The van der Waals surface area contributed by atoms with Crippen LogP contribution in [0, 0.1) is 0 Å². The van der Waals surface area contributed by atoms with Gasteiger partial charge in [0.15, 0.2) is 18.6 Å². The minimum absolute atomic E-state index is 0. The lowest BCUT2D eigenvalue weighted by atomic mass is 10.1. The zero-order chi connectivity index (χ0) is 25.9. The first-order valence-electron chi connectivity index (χ1n) is 11.8. The van der Waals surface area contributed by atoms with Crippen molar-refractivity contribution in [1.29, 1.82) is 0 Å². The maximum Gasteiger partial charge on any atom is 0.255 e. The van der Waals surface area contributed by atoms with Crippen molar-refractivity contribution in [3.05, 3.63) is 103 Å². The second-order valence-corrected chi connectivity index (χ2v) is 8.95. The quantitative estimate of drug-likeness (QED) is 0.0818. The number of rotatable bonds is 6. The number of pyridine rings is 2. The van der Waals surface area contributed by atoms with Crippen LogP contribution in [0.25, 0.3) is 10.9 Å². The number of carbonyl (C=O) groups excluding carboxylic acids is 1. The van der Waals surface area contributed by atoms with Gasteiger partial charge in [0.25, 0.3) is 5.91 Å². The third-order valence-electron chi connectivity index (χ3n) is 6.15. The summed E-state index contributed by atoms with van der Waals surface area (Å²) in [4.78, 5) is 12.9. The fraction of sp³-hybridized carbons (Fsp3) is 0.0690. The number of aromatic nitrogens is 2. The molecule has 39 heavy (non-hydrogen) atoms. The normalized spacial score (nSPS) is 10.2. The molecule has 7 N–H and O–H groups in total. The van der Waals surface area contributed by atoms with Gasteiger partial charge in [0.05, 0.1) is 28.1 Å². The van der Waals surface area contributed by atoms with Crippen LogP contribution in [0.3, 0.4) is 0 Å². The summed E-state index contributed by atoms with van der Waals surface area (Å²) in [5.74, 6) is -0.237. The lowest BCUT2D eigenvalue weighted by molar-refractivity contribution is -0.671. The van der Waals surface area contributed by atoms with Gasteiger partial charge in [-0.05, 0) is 54.6 Å². The highest BCUT2D eigenvalue weighted by Gasteiger charge is 2.12. The molecule has 0 saturated carbocycles. The van der Waals surface area contributed by atoms with E-state index in [2.05, 4.69) is 16.0 Å². The van der Waals surface area contributed by atoms with Gasteiger partial charge in [0, 0.05) is 46.9 Å². The van der Waals surface area contributed by atoms with Crippen LogP contribution in [0.5, 0.6) is 0 Å². The molecule has 10 heteroatoms. The van der Waals surface area contributed by atoms with Crippen molar-refractivity contribution in [3.63, 3.8) is 0 Å². The standard InChI is InChI=1S/C29H27N7O.2HI/c1-35-14-11-22(12-15-35)32-23-8-9-27(25(31)18-23)34-29(37)19-3-6-21(7-4-19)33-26-13-16-36(2)28-10-5-20(30)17-24(26)28;;/h3-18H,30-31H2,1-2H3,(H,34,37);2*1H. The van der Waals surface area contributed by atoms with Crippen LogP contribution in [-0.4, -0.2) is 5.91 Å². The van der Waals surface area contributed by atoms with Crippen LogP contribution < -0.4 is 84.5 Å². The van der Waals surface area contributed by atoms with Crippen LogP contribution >= 0.6 is 0 Å². The predicted molar refractivity (Wildman–Crippen MR) is 149 cm³/mol. The summed E-state index contributed by atoms with van der Waals surface area (Å²) < 4.78 is 4.00. The lowest BCUT2D eigenvalue weighted by Gasteiger charge is -2.12. The average Bonchev–Trinajstić information content (AvgIpc) is 2.89. The molecular formula is C29H29I2N7O. The number of anilines is 7. The van der Waals surface area contributed by atoms with E-state index in [1.165, 1.54) is 0 Å². The lowest BCUT2D eigenvalue weighted by Crippen LogP contribution is -3.00. The van der Waals surface area contributed by atoms with Gasteiger partial charge >= 0.3 is 0 Å². The fourth-order valence-corrected chi connectivity index (χ4v) is 4.10. The van der Waals surface area contributed by atoms with Gasteiger partial charge < -0.3 is 75.4 Å². The first-order chi connectivity index (χ1) is 17.9. The van der Waals surface area contributed by atoms with Crippen molar-refractivity contribution in [2.75, 3.05) is 27.4 Å². The Hall–Kier alpha value is -3.65. The Morgan fingerprint density at radius 1 is 0.692 bits per heavy atom. The molecule has 200 valence electrons. The van der Waals surface area contributed by atoms with E-state index >= 15 is 0 Å². The number of hydrogen-bond donors (Lipinski definition) is 5. The highest BCUT2D eigenvalue weighted by Crippen LogP contribution is 2.28. The van der Waals surface area contributed by atoms with Crippen molar-refractivity contribution >= 4 is 56.6 Å². The highest BCUT2D eigenvalue weighted by molar-refractivity contribution is 6.06. The molecular weight excluding hydrogens is 716 g/mol. The maximum absolute atomic E-state index is 12.9. The summed E-state index contributed by atoms with van der Waals surface area (Å²) >= 11 is 0. The predicted octanol–water partition coefficient (Wildman–Crippen LogP) is -1.60. The molecule has 0 spiro atoms. The third-order valence-corrected chi connectivity index (χ3v) is 6.15. The van der Waals surface area contributed by atoms with Crippen LogP contribution in [-0.2, 0) is 14.1 Å². The van der Waals surface area contributed by atoms with E-state index in [9.17, 15) is 4.79 Å². The molecule has 0 fully saturated rings. The SMILES string of the molecule is C[n+]1ccc(Nc2ccc(NC(=O)c3ccc(Nc4cc[n+](C)c5ccc(N)cc45)cc3)c(N)c2)cc1.[I-].[I-]. The number of nitrogen functional groups attached to an aromatic ring is 2. The van der Waals surface area contributed by atoms with Gasteiger partial charge in [-0.2, -0.15) is 0 Å². The second kappa shape index (κ2) is 12.9. The van der Waals surface area contributed by atoms with Crippen LogP contribution in [0.15, 0.2) is 97.5 Å². The summed E-state index contributed by atoms with van der Waals surface area (Å²) in [6.45, 7) is 0. The van der Waals surface area contributed by atoms with E-state index in [-0.39, 0.29) is 53.9 Å². The van der Waals surface area contributed by atoms with E-state index in [0.29, 0.717) is 22.6 Å². The molecule has 2 heterocycles. The number of nitrogens with zero attached hydrogens (tertiary/aromatic N) is 2. The summed E-state index contributed by atoms with van der Waals surface area (Å²) in [7, 11) is 3.96. The van der Waals surface area contributed by atoms with Gasteiger partial charge in [-0.3, -0.25) is 4.79 Å². The molecule has 3 aromatic carbocycles. The van der Waals surface area contributed by atoms with Crippen LogP contribution in [0.2, 0.25) is 0 Å². The summed E-state index contributed by atoms with van der Waals surface area (Å²) in [5, 5.41) is 10.6. The molecule has 0 aliphatic heterocycles.